The van der Waals surface area contributed by atoms with Crippen LogP contribution in [0, 0.1) is 0 Å². The van der Waals surface area contributed by atoms with Gasteiger partial charge in [0.15, 0.2) is 0 Å². The zero-order valence-corrected chi connectivity index (χ0v) is 11.2. The molecule has 0 saturated heterocycles. The first-order valence-corrected chi connectivity index (χ1v) is 6.21. The van der Waals surface area contributed by atoms with E-state index in [0.717, 1.165) is 12.2 Å². The average Bonchev–Trinajstić information content (AvgIpc) is 2.43. The van der Waals surface area contributed by atoms with Gasteiger partial charge in [-0.3, -0.25) is 9.78 Å². The topological polar surface area (TPSA) is 65.5 Å². The Labute approximate surface area is 108 Å². The van der Waals surface area contributed by atoms with Gasteiger partial charge in [-0.1, -0.05) is 6.92 Å². The van der Waals surface area contributed by atoms with Crippen molar-refractivity contribution in [2.24, 2.45) is 0 Å². The van der Waals surface area contributed by atoms with Crippen LogP contribution in [0.2, 0.25) is 0 Å². The smallest absolute Gasteiger partial charge is 0.239 e. The summed E-state index contributed by atoms with van der Waals surface area (Å²) in [5.74, 6) is -0.0329. The Kier molecular flexibility index (Phi) is 5.58. The van der Waals surface area contributed by atoms with Gasteiger partial charge in [0.1, 0.15) is 0 Å². The third-order valence-corrected chi connectivity index (χ3v) is 2.86. The van der Waals surface area contributed by atoms with Crippen molar-refractivity contribution in [2.45, 2.75) is 26.4 Å². The third kappa shape index (κ3) is 3.70. The van der Waals surface area contributed by atoms with E-state index in [1.54, 1.807) is 19.3 Å². The van der Waals surface area contributed by atoms with Gasteiger partial charge in [-0.05, 0) is 25.5 Å². The molecule has 1 atom stereocenters. The number of aliphatic hydroxyl groups is 1. The molecule has 0 bridgehead atoms. The SMILES string of the molecule is CCC(O)c1ccc(N(CC)CC(=O)NC)cn1. The second kappa shape index (κ2) is 6.96. The zero-order chi connectivity index (χ0) is 13.5. The first kappa shape index (κ1) is 14.4. The lowest BCUT2D eigenvalue weighted by atomic mass is 10.2. The van der Waals surface area contributed by atoms with Crippen LogP contribution < -0.4 is 10.2 Å². The summed E-state index contributed by atoms with van der Waals surface area (Å²) in [5.41, 5.74) is 1.55. The highest BCUT2D eigenvalue weighted by atomic mass is 16.3. The van der Waals surface area contributed by atoms with Crippen molar-refractivity contribution in [1.82, 2.24) is 10.3 Å². The maximum Gasteiger partial charge on any atom is 0.239 e. The number of aliphatic hydroxyl groups excluding tert-OH is 1. The summed E-state index contributed by atoms with van der Waals surface area (Å²) in [6.07, 6.45) is 1.82. The molecule has 0 saturated carbocycles. The summed E-state index contributed by atoms with van der Waals surface area (Å²) >= 11 is 0. The quantitative estimate of drug-likeness (QED) is 0.794. The summed E-state index contributed by atoms with van der Waals surface area (Å²) in [6.45, 7) is 4.93. The van der Waals surface area contributed by atoms with Gasteiger partial charge < -0.3 is 15.3 Å². The molecule has 0 radical (unpaired) electrons. The fourth-order valence-electron chi connectivity index (χ4n) is 1.63. The number of nitrogens with one attached hydrogen (secondary N) is 1. The molecule has 100 valence electrons. The molecule has 5 nitrogen and oxygen atoms in total. The molecule has 0 spiro atoms. The Balaban J connectivity index is 2.78. The summed E-state index contributed by atoms with van der Waals surface area (Å²) in [5, 5.41) is 12.3. The molecule has 2 N–H and O–H groups in total. The van der Waals surface area contributed by atoms with Gasteiger partial charge in [-0.25, -0.2) is 0 Å². The number of hydrogen-bond donors (Lipinski definition) is 2. The Morgan fingerprint density at radius 2 is 2.22 bits per heavy atom. The predicted octanol–water partition coefficient (Wildman–Crippen LogP) is 1.10. The number of aromatic nitrogens is 1. The fourth-order valence-corrected chi connectivity index (χ4v) is 1.63. The third-order valence-electron chi connectivity index (χ3n) is 2.86. The van der Waals surface area contributed by atoms with E-state index in [-0.39, 0.29) is 5.91 Å². The zero-order valence-electron chi connectivity index (χ0n) is 11.2. The molecule has 1 unspecified atom stereocenters. The fraction of sp³-hybridized carbons (Fsp3) is 0.538. The van der Waals surface area contributed by atoms with Crippen LogP contribution in [0.25, 0.3) is 0 Å². The van der Waals surface area contributed by atoms with Gasteiger partial charge >= 0.3 is 0 Å². The maximum atomic E-state index is 11.4. The average molecular weight is 251 g/mol. The molecular weight excluding hydrogens is 230 g/mol. The van der Waals surface area contributed by atoms with Crippen molar-refractivity contribution in [2.75, 3.05) is 25.0 Å². The molecule has 1 amide bonds. The van der Waals surface area contributed by atoms with E-state index in [1.165, 1.54) is 0 Å². The van der Waals surface area contributed by atoms with Crippen LogP contribution in [0.4, 0.5) is 5.69 Å². The first-order chi connectivity index (χ1) is 8.62. The van der Waals surface area contributed by atoms with E-state index in [0.29, 0.717) is 18.7 Å². The van der Waals surface area contributed by atoms with Gasteiger partial charge in [0.25, 0.3) is 0 Å². The summed E-state index contributed by atoms with van der Waals surface area (Å²) in [4.78, 5) is 17.5. The minimum atomic E-state index is -0.520. The molecule has 0 aromatic carbocycles. The number of nitrogens with zero attached hydrogens (tertiary/aromatic N) is 2. The molecule has 0 aliphatic carbocycles. The number of carbonyl (C=O) groups excluding carboxylic acids is 1. The summed E-state index contributed by atoms with van der Waals surface area (Å²) in [6, 6.07) is 3.68. The highest BCUT2D eigenvalue weighted by Crippen LogP contribution is 2.18. The van der Waals surface area contributed by atoms with Crippen LogP contribution in [0.1, 0.15) is 32.1 Å². The van der Waals surface area contributed by atoms with Crippen LogP contribution in [-0.2, 0) is 4.79 Å². The molecule has 5 heteroatoms. The van der Waals surface area contributed by atoms with Crippen molar-refractivity contribution in [1.29, 1.82) is 0 Å². The summed E-state index contributed by atoms with van der Waals surface area (Å²) in [7, 11) is 1.62. The standard InChI is InChI=1S/C13H21N3O2/c1-4-12(17)11-7-6-10(8-15-11)16(5-2)9-13(18)14-3/h6-8,12,17H,4-5,9H2,1-3H3,(H,14,18). The molecule has 0 aliphatic heterocycles. The first-order valence-electron chi connectivity index (χ1n) is 6.21. The second-order valence-electron chi connectivity index (χ2n) is 4.05. The lowest BCUT2D eigenvalue weighted by molar-refractivity contribution is -0.119. The Hall–Kier alpha value is -1.62. The molecule has 0 fully saturated rings. The highest BCUT2D eigenvalue weighted by molar-refractivity contribution is 5.80. The van der Waals surface area contributed by atoms with Crippen molar-refractivity contribution >= 4 is 11.6 Å². The number of likely N-dealkylation sites (N-methyl/N-ethyl adjacent to an activating group) is 2. The molecule has 1 aromatic rings. The summed E-state index contributed by atoms with van der Waals surface area (Å²) < 4.78 is 0. The normalized spacial score (nSPS) is 12.0. The van der Waals surface area contributed by atoms with E-state index < -0.39 is 6.10 Å². The van der Waals surface area contributed by atoms with E-state index in [1.807, 2.05) is 24.8 Å². The van der Waals surface area contributed by atoms with E-state index in [2.05, 4.69) is 10.3 Å². The number of pyridine rings is 1. The molecule has 1 rings (SSSR count). The van der Waals surface area contributed by atoms with Crippen molar-refractivity contribution in [3.05, 3.63) is 24.0 Å². The van der Waals surface area contributed by atoms with Crippen molar-refractivity contribution in [3.8, 4) is 0 Å². The number of hydrogen-bond acceptors (Lipinski definition) is 4. The molecule has 1 heterocycles. The Morgan fingerprint density at radius 3 is 2.67 bits per heavy atom. The van der Waals surface area contributed by atoms with Crippen LogP contribution in [0.5, 0.6) is 0 Å². The maximum absolute atomic E-state index is 11.4. The van der Waals surface area contributed by atoms with Crippen LogP contribution in [0.3, 0.4) is 0 Å². The number of carbonyl (C=O) groups is 1. The lowest BCUT2D eigenvalue weighted by Crippen LogP contribution is -2.35. The number of amides is 1. The van der Waals surface area contributed by atoms with Gasteiger partial charge in [0.05, 0.1) is 30.2 Å². The second-order valence-corrected chi connectivity index (χ2v) is 4.05. The van der Waals surface area contributed by atoms with Crippen LogP contribution in [-0.4, -0.2) is 36.1 Å². The molecule has 1 aromatic heterocycles. The predicted molar refractivity (Wildman–Crippen MR) is 71.4 cm³/mol. The number of rotatable bonds is 6. The van der Waals surface area contributed by atoms with Crippen LogP contribution in [0.15, 0.2) is 18.3 Å². The molecule has 18 heavy (non-hydrogen) atoms. The van der Waals surface area contributed by atoms with Gasteiger partial charge in [-0.2, -0.15) is 0 Å². The number of anilines is 1. The van der Waals surface area contributed by atoms with Crippen molar-refractivity contribution < 1.29 is 9.90 Å². The van der Waals surface area contributed by atoms with E-state index in [4.69, 9.17) is 0 Å². The van der Waals surface area contributed by atoms with E-state index in [9.17, 15) is 9.90 Å². The molecular formula is C13H21N3O2. The largest absolute Gasteiger partial charge is 0.387 e. The highest BCUT2D eigenvalue weighted by Gasteiger charge is 2.11. The van der Waals surface area contributed by atoms with Crippen LogP contribution >= 0.6 is 0 Å². The minimum absolute atomic E-state index is 0.0329. The molecule has 0 aliphatic rings. The van der Waals surface area contributed by atoms with Crippen molar-refractivity contribution in [3.63, 3.8) is 0 Å². The van der Waals surface area contributed by atoms with Gasteiger partial charge in [0, 0.05) is 13.6 Å². The van der Waals surface area contributed by atoms with E-state index >= 15 is 0 Å². The minimum Gasteiger partial charge on any atom is -0.387 e. The lowest BCUT2D eigenvalue weighted by Gasteiger charge is -2.22. The Morgan fingerprint density at radius 1 is 1.50 bits per heavy atom. The van der Waals surface area contributed by atoms with Gasteiger partial charge in [-0.15, -0.1) is 0 Å². The monoisotopic (exact) mass is 251 g/mol. The Bertz CT molecular complexity index is 378. The van der Waals surface area contributed by atoms with Gasteiger partial charge in [0.2, 0.25) is 5.91 Å².